The number of nitrogens with one attached hydrogen (secondary N) is 1. The topological polar surface area (TPSA) is 32.3 Å². The summed E-state index contributed by atoms with van der Waals surface area (Å²) in [6.07, 6.45) is 2.05. The lowest BCUT2D eigenvalue weighted by Crippen LogP contribution is -2.34. The fraction of sp³-hybridized carbons (Fsp3) is 0.278. The minimum absolute atomic E-state index is 0.182. The molecule has 126 valence electrons. The molecule has 1 amide bonds. The third-order valence-electron chi connectivity index (χ3n) is 3.97. The average molecular weight is 367 g/mol. The van der Waals surface area contributed by atoms with Crippen LogP contribution in [-0.2, 0) is 11.3 Å². The van der Waals surface area contributed by atoms with E-state index in [-0.39, 0.29) is 18.3 Å². The number of hydrogen-bond acceptors (Lipinski definition) is 2. The van der Waals surface area contributed by atoms with E-state index in [1.807, 2.05) is 4.90 Å². The second kappa shape index (κ2) is 7.51. The normalized spacial score (nSPS) is 14.0. The molecule has 0 saturated heterocycles. The highest BCUT2D eigenvalue weighted by Gasteiger charge is 2.30. The van der Waals surface area contributed by atoms with Gasteiger partial charge in [0, 0.05) is 18.2 Å². The Balaban J connectivity index is 1.66. The van der Waals surface area contributed by atoms with Gasteiger partial charge in [-0.3, -0.25) is 9.69 Å². The van der Waals surface area contributed by atoms with Gasteiger partial charge in [0.15, 0.2) is 0 Å². The molecule has 6 heteroatoms. The molecule has 1 aliphatic rings. The smallest absolute Gasteiger partial charge is 0.238 e. The molecule has 0 bridgehead atoms. The average Bonchev–Trinajstić information content (AvgIpc) is 3.38. The van der Waals surface area contributed by atoms with E-state index in [2.05, 4.69) is 5.32 Å². The maximum absolute atomic E-state index is 13.9. The van der Waals surface area contributed by atoms with Crippen LogP contribution < -0.4 is 5.32 Å². The molecule has 0 radical (unpaired) electrons. The minimum Gasteiger partial charge on any atom is -0.324 e. The lowest BCUT2D eigenvalue weighted by atomic mass is 10.2. The van der Waals surface area contributed by atoms with Crippen molar-refractivity contribution in [2.45, 2.75) is 25.4 Å². The lowest BCUT2D eigenvalue weighted by molar-refractivity contribution is -0.117. The highest BCUT2D eigenvalue weighted by atomic mass is 35.5. The molecular formula is C18H17Cl2FN2O. The molecule has 3 rings (SSSR count). The van der Waals surface area contributed by atoms with Crippen LogP contribution in [0, 0.1) is 5.82 Å². The summed E-state index contributed by atoms with van der Waals surface area (Å²) >= 11 is 12.0. The van der Waals surface area contributed by atoms with Crippen LogP contribution in [0.4, 0.5) is 10.1 Å². The highest BCUT2D eigenvalue weighted by Crippen LogP contribution is 2.31. The molecule has 24 heavy (non-hydrogen) atoms. The summed E-state index contributed by atoms with van der Waals surface area (Å²) in [5.41, 5.74) is 1.08. The van der Waals surface area contributed by atoms with Gasteiger partial charge >= 0.3 is 0 Å². The standard InChI is InChI=1S/C18H17Cl2FN2O/c19-14-5-3-7-16(18(14)20)22-17(24)11-23(13-8-9-13)10-12-4-1-2-6-15(12)21/h1-7,13H,8-11H2,(H,22,24). The number of anilines is 1. The summed E-state index contributed by atoms with van der Waals surface area (Å²) in [5.74, 6) is -0.441. The van der Waals surface area contributed by atoms with Crippen molar-refractivity contribution in [3.8, 4) is 0 Å². The Hall–Kier alpha value is -1.62. The van der Waals surface area contributed by atoms with Crippen LogP contribution in [-0.4, -0.2) is 23.4 Å². The van der Waals surface area contributed by atoms with Gasteiger partial charge < -0.3 is 5.32 Å². The van der Waals surface area contributed by atoms with Crippen LogP contribution in [0.15, 0.2) is 42.5 Å². The molecule has 0 aromatic heterocycles. The predicted molar refractivity (Wildman–Crippen MR) is 94.9 cm³/mol. The van der Waals surface area contributed by atoms with Crippen LogP contribution in [0.2, 0.25) is 10.0 Å². The summed E-state index contributed by atoms with van der Waals surface area (Å²) in [5, 5.41) is 3.48. The van der Waals surface area contributed by atoms with Crippen LogP contribution in [0.5, 0.6) is 0 Å². The fourth-order valence-corrected chi connectivity index (χ4v) is 2.92. The Bertz CT molecular complexity index is 750. The molecule has 3 nitrogen and oxygen atoms in total. The van der Waals surface area contributed by atoms with Crippen molar-refractivity contribution in [1.82, 2.24) is 4.90 Å². The van der Waals surface area contributed by atoms with Gasteiger partial charge in [0.2, 0.25) is 5.91 Å². The maximum atomic E-state index is 13.9. The van der Waals surface area contributed by atoms with Gasteiger partial charge in [-0.2, -0.15) is 0 Å². The van der Waals surface area contributed by atoms with E-state index in [4.69, 9.17) is 23.2 Å². The van der Waals surface area contributed by atoms with Gasteiger partial charge in [-0.1, -0.05) is 47.5 Å². The number of nitrogens with zero attached hydrogens (tertiary/aromatic N) is 1. The minimum atomic E-state index is -0.249. The quantitative estimate of drug-likeness (QED) is 0.800. The maximum Gasteiger partial charge on any atom is 0.238 e. The predicted octanol–water partition coefficient (Wildman–Crippen LogP) is 4.74. The first-order chi connectivity index (χ1) is 11.5. The van der Waals surface area contributed by atoms with Gasteiger partial charge in [0.1, 0.15) is 5.82 Å². The zero-order valence-corrected chi connectivity index (χ0v) is 14.4. The first-order valence-corrected chi connectivity index (χ1v) is 8.51. The van der Waals surface area contributed by atoms with Crippen LogP contribution in [0.3, 0.4) is 0 Å². The summed E-state index contributed by atoms with van der Waals surface area (Å²) in [6, 6.07) is 12.1. The van der Waals surface area contributed by atoms with Gasteiger partial charge in [0.25, 0.3) is 0 Å². The molecule has 0 heterocycles. The van der Waals surface area contributed by atoms with Gasteiger partial charge in [-0.25, -0.2) is 4.39 Å². The van der Waals surface area contributed by atoms with Crippen molar-refractivity contribution in [2.24, 2.45) is 0 Å². The van der Waals surface area contributed by atoms with E-state index < -0.39 is 0 Å². The second-order valence-corrected chi connectivity index (χ2v) is 6.66. The summed E-state index contributed by atoms with van der Waals surface area (Å²) in [6.45, 7) is 0.593. The number of carbonyl (C=O) groups excluding carboxylic acids is 1. The molecule has 1 N–H and O–H groups in total. The van der Waals surface area contributed by atoms with Crippen molar-refractivity contribution in [3.05, 3.63) is 63.9 Å². The molecule has 0 atom stereocenters. The Morgan fingerprint density at radius 1 is 1.17 bits per heavy atom. The van der Waals surface area contributed by atoms with Crippen molar-refractivity contribution < 1.29 is 9.18 Å². The van der Waals surface area contributed by atoms with Crippen molar-refractivity contribution in [3.63, 3.8) is 0 Å². The highest BCUT2D eigenvalue weighted by molar-refractivity contribution is 6.43. The number of hydrogen-bond donors (Lipinski definition) is 1. The molecule has 1 fully saturated rings. The fourth-order valence-electron chi connectivity index (χ4n) is 2.57. The van der Waals surface area contributed by atoms with Gasteiger partial charge in [-0.05, 0) is 31.0 Å². The lowest BCUT2D eigenvalue weighted by Gasteiger charge is -2.22. The Labute approximate surface area is 150 Å². The largest absolute Gasteiger partial charge is 0.324 e. The second-order valence-electron chi connectivity index (χ2n) is 5.88. The molecule has 0 spiro atoms. The van der Waals surface area contributed by atoms with Crippen molar-refractivity contribution in [2.75, 3.05) is 11.9 Å². The van der Waals surface area contributed by atoms with Crippen LogP contribution >= 0.6 is 23.2 Å². The molecule has 1 aliphatic carbocycles. The first kappa shape index (κ1) is 17.2. The van der Waals surface area contributed by atoms with Crippen molar-refractivity contribution in [1.29, 1.82) is 0 Å². The van der Waals surface area contributed by atoms with E-state index in [1.165, 1.54) is 6.07 Å². The summed E-state index contributed by atoms with van der Waals surface area (Å²) in [4.78, 5) is 14.3. The number of halogens is 3. The van der Waals surface area contributed by atoms with Gasteiger partial charge in [-0.15, -0.1) is 0 Å². The van der Waals surface area contributed by atoms with E-state index in [0.717, 1.165) is 12.8 Å². The first-order valence-electron chi connectivity index (χ1n) is 7.76. The van der Waals surface area contributed by atoms with E-state index in [1.54, 1.807) is 36.4 Å². The third-order valence-corrected chi connectivity index (χ3v) is 4.79. The molecule has 0 aliphatic heterocycles. The zero-order chi connectivity index (χ0) is 17.1. The number of benzene rings is 2. The summed E-state index contributed by atoms with van der Waals surface area (Å²) in [7, 11) is 0. The molecule has 1 saturated carbocycles. The number of carbonyl (C=O) groups is 1. The zero-order valence-electron chi connectivity index (χ0n) is 12.9. The van der Waals surface area contributed by atoms with E-state index >= 15 is 0 Å². The number of amides is 1. The van der Waals surface area contributed by atoms with E-state index in [0.29, 0.717) is 33.9 Å². The molecule has 2 aromatic carbocycles. The Kier molecular flexibility index (Phi) is 5.39. The third kappa shape index (κ3) is 4.26. The monoisotopic (exact) mass is 366 g/mol. The molecular weight excluding hydrogens is 350 g/mol. The molecule has 2 aromatic rings. The van der Waals surface area contributed by atoms with Gasteiger partial charge in [0.05, 0.1) is 22.3 Å². The van der Waals surface area contributed by atoms with E-state index in [9.17, 15) is 9.18 Å². The molecule has 0 unspecified atom stereocenters. The Morgan fingerprint density at radius 3 is 2.62 bits per heavy atom. The Morgan fingerprint density at radius 2 is 1.92 bits per heavy atom. The number of rotatable bonds is 6. The SMILES string of the molecule is O=C(CN(Cc1ccccc1F)C1CC1)Nc1cccc(Cl)c1Cl. The summed E-state index contributed by atoms with van der Waals surface area (Å²) < 4.78 is 13.9. The van der Waals surface area contributed by atoms with Crippen LogP contribution in [0.25, 0.3) is 0 Å². The van der Waals surface area contributed by atoms with Crippen LogP contribution in [0.1, 0.15) is 18.4 Å². The van der Waals surface area contributed by atoms with Crippen molar-refractivity contribution >= 4 is 34.8 Å².